The fourth-order valence-corrected chi connectivity index (χ4v) is 1.09. The summed E-state index contributed by atoms with van der Waals surface area (Å²) in [6.07, 6.45) is 0. The van der Waals surface area contributed by atoms with Crippen LogP contribution in [0.4, 0.5) is 8.78 Å². The fraction of sp³-hybridized carbons (Fsp3) is 0.417. The van der Waals surface area contributed by atoms with Gasteiger partial charge in [0.05, 0.1) is 0 Å². The lowest BCUT2D eigenvalue weighted by Gasteiger charge is -2.17. The van der Waals surface area contributed by atoms with Gasteiger partial charge in [0, 0.05) is 11.6 Å². The molecule has 0 bridgehead atoms. The Morgan fingerprint density at radius 2 is 1.81 bits per heavy atom. The van der Waals surface area contributed by atoms with Gasteiger partial charge in [0.1, 0.15) is 0 Å². The van der Waals surface area contributed by atoms with E-state index in [9.17, 15) is 13.6 Å². The summed E-state index contributed by atoms with van der Waals surface area (Å²) in [6, 6.07) is 3.10. The van der Waals surface area contributed by atoms with Crippen molar-refractivity contribution in [2.45, 2.75) is 26.8 Å². The minimum atomic E-state index is -1.01. The summed E-state index contributed by atoms with van der Waals surface area (Å²) < 4.78 is 25.5. The molecule has 1 aromatic rings. The molecule has 0 saturated heterocycles. The average molecular weight is 227 g/mol. The van der Waals surface area contributed by atoms with Crippen LogP contribution >= 0.6 is 0 Å². The SMILES string of the molecule is CC(C)C(C)NC(=O)c1ccc(F)c(F)c1. The third-order valence-electron chi connectivity index (χ3n) is 2.54. The quantitative estimate of drug-likeness (QED) is 0.845. The second-order valence-electron chi connectivity index (χ2n) is 4.14. The van der Waals surface area contributed by atoms with Gasteiger partial charge in [0.25, 0.3) is 5.91 Å². The smallest absolute Gasteiger partial charge is 0.251 e. The number of nitrogens with one attached hydrogen (secondary N) is 1. The fourth-order valence-electron chi connectivity index (χ4n) is 1.09. The highest BCUT2D eigenvalue weighted by molar-refractivity contribution is 5.94. The van der Waals surface area contributed by atoms with Crippen molar-refractivity contribution < 1.29 is 13.6 Å². The largest absolute Gasteiger partial charge is 0.349 e. The van der Waals surface area contributed by atoms with Crippen LogP contribution in [0.25, 0.3) is 0 Å². The van der Waals surface area contributed by atoms with E-state index in [-0.39, 0.29) is 23.4 Å². The Morgan fingerprint density at radius 3 is 2.31 bits per heavy atom. The second kappa shape index (κ2) is 5.05. The summed E-state index contributed by atoms with van der Waals surface area (Å²) in [5.41, 5.74) is 0.131. The first-order valence-electron chi connectivity index (χ1n) is 5.17. The van der Waals surface area contributed by atoms with E-state index in [4.69, 9.17) is 0 Å². The number of carbonyl (C=O) groups is 1. The van der Waals surface area contributed by atoms with E-state index >= 15 is 0 Å². The van der Waals surface area contributed by atoms with Crippen LogP contribution in [0.3, 0.4) is 0 Å². The van der Waals surface area contributed by atoms with Crippen LogP contribution in [0.1, 0.15) is 31.1 Å². The van der Waals surface area contributed by atoms with E-state index in [2.05, 4.69) is 5.32 Å². The molecule has 1 unspecified atom stereocenters. The van der Waals surface area contributed by atoms with E-state index in [0.717, 1.165) is 12.1 Å². The molecule has 1 atom stereocenters. The molecule has 88 valence electrons. The summed E-state index contributed by atoms with van der Waals surface area (Å²) in [6.45, 7) is 5.80. The van der Waals surface area contributed by atoms with Crippen molar-refractivity contribution in [1.29, 1.82) is 0 Å². The van der Waals surface area contributed by atoms with Gasteiger partial charge in [-0.05, 0) is 31.0 Å². The van der Waals surface area contributed by atoms with Crippen LogP contribution in [0.5, 0.6) is 0 Å². The van der Waals surface area contributed by atoms with Gasteiger partial charge in [-0.2, -0.15) is 0 Å². The third kappa shape index (κ3) is 3.02. The predicted octanol–water partition coefficient (Wildman–Crippen LogP) is 2.74. The van der Waals surface area contributed by atoms with E-state index in [0.29, 0.717) is 0 Å². The zero-order valence-electron chi connectivity index (χ0n) is 9.55. The van der Waals surface area contributed by atoms with Crippen molar-refractivity contribution >= 4 is 5.91 Å². The van der Waals surface area contributed by atoms with Crippen LogP contribution in [0.2, 0.25) is 0 Å². The maximum atomic E-state index is 12.9. The molecule has 0 aliphatic heterocycles. The van der Waals surface area contributed by atoms with Crippen molar-refractivity contribution in [3.63, 3.8) is 0 Å². The second-order valence-corrected chi connectivity index (χ2v) is 4.14. The van der Waals surface area contributed by atoms with Gasteiger partial charge in [-0.3, -0.25) is 4.79 Å². The maximum Gasteiger partial charge on any atom is 0.251 e. The van der Waals surface area contributed by atoms with Crippen molar-refractivity contribution in [2.24, 2.45) is 5.92 Å². The molecule has 0 heterocycles. The van der Waals surface area contributed by atoms with Crippen molar-refractivity contribution in [1.82, 2.24) is 5.32 Å². The van der Waals surface area contributed by atoms with E-state index in [1.807, 2.05) is 20.8 Å². The lowest BCUT2D eigenvalue weighted by atomic mass is 10.1. The van der Waals surface area contributed by atoms with E-state index < -0.39 is 11.6 Å². The van der Waals surface area contributed by atoms with E-state index in [1.165, 1.54) is 6.07 Å². The Hall–Kier alpha value is -1.45. The molecular weight excluding hydrogens is 212 g/mol. The van der Waals surface area contributed by atoms with Crippen LogP contribution in [-0.4, -0.2) is 11.9 Å². The first-order valence-corrected chi connectivity index (χ1v) is 5.17. The van der Waals surface area contributed by atoms with Crippen molar-refractivity contribution in [3.8, 4) is 0 Å². The molecule has 0 fully saturated rings. The van der Waals surface area contributed by atoms with Gasteiger partial charge < -0.3 is 5.32 Å². The number of rotatable bonds is 3. The Kier molecular flexibility index (Phi) is 3.99. The van der Waals surface area contributed by atoms with Gasteiger partial charge in [-0.1, -0.05) is 13.8 Å². The number of amides is 1. The average Bonchev–Trinajstić information content (AvgIpc) is 2.21. The molecule has 0 aliphatic rings. The van der Waals surface area contributed by atoms with Crippen LogP contribution in [-0.2, 0) is 0 Å². The molecule has 2 nitrogen and oxygen atoms in total. The standard InChI is InChI=1S/C12H15F2NO/c1-7(2)8(3)15-12(16)9-4-5-10(13)11(14)6-9/h4-8H,1-3H3,(H,15,16). The zero-order valence-corrected chi connectivity index (χ0v) is 9.55. The summed E-state index contributed by atoms with van der Waals surface area (Å²) in [5, 5.41) is 2.71. The highest BCUT2D eigenvalue weighted by Crippen LogP contribution is 2.09. The van der Waals surface area contributed by atoms with Crippen molar-refractivity contribution in [2.75, 3.05) is 0 Å². The Labute approximate surface area is 93.7 Å². The topological polar surface area (TPSA) is 29.1 Å². The van der Waals surface area contributed by atoms with Gasteiger partial charge >= 0.3 is 0 Å². The normalized spacial score (nSPS) is 12.6. The number of hydrogen-bond acceptors (Lipinski definition) is 1. The first-order chi connectivity index (χ1) is 7.41. The number of benzene rings is 1. The minimum absolute atomic E-state index is 0.0133. The Balaban J connectivity index is 2.77. The monoisotopic (exact) mass is 227 g/mol. The van der Waals surface area contributed by atoms with Gasteiger partial charge in [-0.25, -0.2) is 8.78 Å². The molecule has 16 heavy (non-hydrogen) atoms. The minimum Gasteiger partial charge on any atom is -0.349 e. The number of halogens is 2. The summed E-state index contributed by atoms with van der Waals surface area (Å²) in [4.78, 5) is 11.6. The molecule has 0 radical (unpaired) electrons. The molecule has 1 aromatic carbocycles. The maximum absolute atomic E-state index is 12.9. The predicted molar refractivity (Wildman–Crippen MR) is 58.1 cm³/mol. The molecular formula is C12H15F2NO. The van der Waals surface area contributed by atoms with E-state index in [1.54, 1.807) is 0 Å². The molecule has 0 aromatic heterocycles. The number of hydrogen-bond donors (Lipinski definition) is 1. The first kappa shape index (κ1) is 12.6. The molecule has 1 amide bonds. The highest BCUT2D eigenvalue weighted by Gasteiger charge is 2.13. The molecule has 0 spiro atoms. The lowest BCUT2D eigenvalue weighted by molar-refractivity contribution is 0.0930. The molecule has 4 heteroatoms. The lowest BCUT2D eigenvalue weighted by Crippen LogP contribution is -2.36. The zero-order chi connectivity index (χ0) is 12.3. The van der Waals surface area contributed by atoms with Gasteiger partial charge in [0.15, 0.2) is 11.6 Å². The summed E-state index contributed by atoms with van der Waals surface area (Å²) >= 11 is 0. The van der Waals surface area contributed by atoms with Crippen LogP contribution < -0.4 is 5.32 Å². The third-order valence-corrected chi connectivity index (χ3v) is 2.54. The van der Waals surface area contributed by atoms with Crippen LogP contribution in [0.15, 0.2) is 18.2 Å². The Bertz CT molecular complexity index is 391. The molecule has 0 aliphatic carbocycles. The molecule has 0 saturated carbocycles. The Morgan fingerprint density at radius 1 is 1.19 bits per heavy atom. The van der Waals surface area contributed by atoms with Gasteiger partial charge in [-0.15, -0.1) is 0 Å². The summed E-state index contributed by atoms with van der Waals surface area (Å²) in [5.74, 6) is -2.06. The molecule has 1 N–H and O–H groups in total. The highest BCUT2D eigenvalue weighted by atomic mass is 19.2. The van der Waals surface area contributed by atoms with Gasteiger partial charge in [0.2, 0.25) is 0 Å². The molecule has 1 rings (SSSR count). The van der Waals surface area contributed by atoms with Crippen LogP contribution in [0, 0.1) is 17.6 Å². The van der Waals surface area contributed by atoms with Crippen molar-refractivity contribution in [3.05, 3.63) is 35.4 Å². The summed E-state index contributed by atoms with van der Waals surface area (Å²) in [7, 11) is 0. The number of carbonyl (C=O) groups excluding carboxylic acids is 1.